The molecule has 1 unspecified atom stereocenters. The molecule has 1 rings (SSSR count). The molecule has 2 N–H and O–H groups in total. The summed E-state index contributed by atoms with van der Waals surface area (Å²) >= 11 is 3.26. The number of hydrogen-bond donors (Lipinski definition) is 2. The van der Waals surface area contributed by atoms with Gasteiger partial charge in [-0.2, -0.15) is 0 Å². The Morgan fingerprint density at radius 2 is 2.10 bits per heavy atom. The summed E-state index contributed by atoms with van der Waals surface area (Å²) in [7, 11) is 1.74. The Kier molecular flexibility index (Phi) is 6.01. The first-order valence-electron chi connectivity index (χ1n) is 6.40. The summed E-state index contributed by atoms with van der Waals surface area (Å²) in [5, 5.41) is 11.6. The average molecular weight is 343 g/mol. The van der Waals surface area contributed by atoms with Crippen LogP contribution in [-0.4, -0.2) is 35.6 Å². The molecule has 0 aromatic heterocycles. The van der Waals surface area contributed by atoms with E-state index < -0.39 is 5.97 Å². The van der Waals surface area contributed by atoms with E-state index in [9.17, 15) is 9.59 Å². The molecule has 0 bridgehead atoms. The second kappa shape index (κ2) is 7.28. The number of benzene rings is 1. The Morgan fingerprint density at radius 3 is 2.60 bits per heavy atom. The molecule has 5 nitrogen and oxygen atoms in total. The van der Waals surface area contributed by atoms with Crippen LogP contribution >= 0.6 is 15.9 Å². The van der Waals surface area contributed by atoms with Gasteiger partial charge in [0.1, 0.15) is 0 Å². The van der Waals surface area contributed by atoms with Crippen LogP contribution in [0, 0.1) is 5.92 Å². The summed E-state index contributed by atoms with van der Waals surface area (Å²) < 4.78 is 0.544. The van der Waals surface area contributed by atoms with E-state index in [0.717, 1.165) is 6.42 Å². The lowest BCUT2D eigenvalue weighted by Crippen LogP contribution is -2.34. The Morgan fingerprint density at radius 1 is 1.45 bits per heavy atom. The first kappa shape index (κ1) is 16.5. The third-order valence-corrected chi connectivity index (χ3v) is 3.74. The second-order valence-electron chi connectivity index (χ2n) is 4.82. The van der Waals surface area contributed by atoms with E-state index in [1.165, 1.54) is 12.1 Å². The van der Waals surface area contributed by atoms with Crippen molar-refractivity contribution in [3.63, 3.8) is 0 Å². The predicted molar refractivity (Wildman–Crippen MR) is 82.2 cm³/mol. The third kappa shape index (κ3) is 4.52. The predicted octanol–water partition coefficient (Wildman–Crippen LogP) is 3.66. The molecule has 0 fully saturated rings. The van der Waals surface area contributed by atoms with Gasteiger partial charge in [-0.15, -0.1) is 0 Å². The van der Waals surface area contributed by atoms with Crippen molar-refractivity contribution in [2.75, 3.05) is 18.9 Å². The second-order valence-corrected chi connectivity index (χ2v) is 5.68. The molecule has 110 valence electrons. The fourth-order valence-corrected chi connectivity index (χ4v) is 2.12. The molecule has 2 amide bonds. The summed E-state index contributed by atoms with van der Waals surface area (Å²) in [6.45, 7) is 4.84. The number of carbonyl (C=O) groups excluding carboxylic acids is 1. The first-order valence-corrected chi connectivity index (χ1v) is 7.19. The number of nitrogens with zero attached hydrogens (tertiary/aromatic N) is 1. The summed E-state index contributed by atoms with van der Waals surface area (Å²) in [5.41, 5.74) is 0.721. The number of halogens is 1. The minimum atomic E-state index is -1.00. The van der Waals surface area contributed by atoms with Gasteiger partial charge in [-0.3, -0.25) is 0 Å². The number of urea groups is 1. The van der Waals surface area contributed by atoms with Gasteiger partial charge in [0, 0.05) is 18.1 Å². The van der Waals surface area contributed by atoms with Gasteiger partial charge in [-0.05, 0) is 40.0 Å². The smallest absolute Gasteiger partial charge is 0.335 e. The Labute approximate surface area is 127 Å². The molecule has 1 aromatic carbocycles. The van der Waals surface area contributed by atoms with Gasteiger partial charge in [-0.1, -0.05) is 20.3 Å². The maximum atomic E-state index is 12.0. The molecule has 1 aromatic rings. The van der Waals surface area contributed by atoms with Crippen molar-refractivity contribution in [2.45, 2.75) is 20.3 Å². The molecule has 0 radical (unpaired) electrons. The number of amides is 2. The van der Waals surface area contributed by atoms with E-state index in [-0.39, 0.29) is 11.6 Å². The van der Waals surface area contributed by atoms with E-state index in [0.29, 0.717) is 22.6 Å². The molecular weight excluding hydrogens is 324 g/mol. The normalized spacial score (nSPS) is 11.8. The molecule has 0 saturated heterocycles. The van der Waals surface area contributed by atoms with Gasteiger partial charge in [0.2, 0.25) is 0 Å². The van der Waals surface area contributed by atoms with Crippen LogP contribution in [-0.2, 0) is 0 Å². The molecule has 0 spiro atoms. The molecule has 0 aliphatic rings. The molecule has 1 atom stereocenters. The van der Waals surface area contributed by atoms with Crippen LogP contribution in [0.3, 0.4) is 0 Å². The molecule has 0 aliphatic carbocycles. The van der Waals surface area contributed by atoms with E-state index in [2.05, 4.69) is 35.1 Å². The number of hydrogen-bond acceptors (Lipinski definition) is 2. The Hall–Kier alpha value is -1.56. The molecule has 20 heavy (non-hydrogen) atoms. The maximum Gasteiger partial charge on any atom is 0.335 e. The minimum Gasteiger partial charge on any atom is -0.478 e. The quantitative estimate of drug-likeness (QED) is 0.857. The summed E-state index contributed by atoms with van der Waals surface area (Å²) in [4.78, 5) is 24.5. The van der Waals surface area contributed by atoms with Gasteiger partial charge in [0.05, 0.1) is 11.3 Å². The lowest BCUT2D eigenvalue weighted by Gasteiger charge is -2.21. The maximum absolute atomic E-state index is 12.0. The van der Waals surface area contributed by atoms with Crippen LogP contribution in [0.25, 0.3) is 0 Å². The van der Waals surface area contributed by atoms with Crippen LogP contribution in [0.15, 0.2) is 22.7 Å². The topological polar surface area (TPSA) is 69.6 Å². The van der Waals surface area contributed by atoms with Crippen molar-refractivity contribution in [3.05, 3.63) is 28.2 Å². The van der Waals surface area contributed by atoms with Gasteiger partial charge in [-0.25, -0.2) is 9.59 Å². The molecule has 6 heteroatoms. The number of carboxylic acid groups (broad SMARTS) is 1. The van der Waals surface area contributed by atoms with Gasteiger partial charge >= 0.3 is 12.0 Å². The van der Waals surface area contributed by atoms with E-state index in [4.69, 9.17) is 5.11 Å². The van der Waals surface area contributed by atoms with Crippen LogP contribution in [0.1, 0.15) is 30.6 Å². The molecule has 0 heterocycles. The van der Waals surface area contributed by atoms with E-state index in [1.807, 2.05) is 0 Å². The van der Waals surface area contributed by atoms with Gasteiger partial charge in [0.15, 0.2) is 0 Å². The van der Waals surface area contributed by atoms with Crippen molar-refractivity contribution < 1.29 is 14.7 Å². The fraction of sp³-hybridized carbons (Fsp3) is 0.429. The Bertz CT molecular complexity index is 505. The number of aromatic carboxylic acids is 1. The highest BCUT2D eigenvalue weighted by atomic mass is 79.9. The number of carboxylic acids is 1. The van der Waals surface area contributed by atoms with Crippen LogP contribution in [0.4, 0.5) is 10.5 Å². The van der Waals surface area contributed by atoms with Gasteiger partial charge in [0.25, 0.3) is 0 Å². The minimum absolute atomic E-state index is 0.169. The van der Waals surface area contributed by atoms with Gasteiger partial charge < -0.3 is 15.3 Å². The summed E-state index contributed by atoms with van der Waals surface area (Å²) in [6, 6.07) is 4.28. The van der Waals surface area contributed by atoms with Crippen LogP contribution in [0.5, 0.6) is 0 Å². The highest BCUT2D eigenvalue weighted by molar-refractivity contribution is 9.10. The standard InChI is InChI=1S/C14H19BrN2O3/c1-4-9(2)8-17(3)14(20)16-12-6-5-10(13(18)19)7-11(12)15/h5-7,9H,4,8H2,1-3H3,(H,16,20)(H,18,19). The monoisotopic (exact) mass is 342 g/mol. The van der Waals surface area contributed by atoms with Crippen molar-refractivity contribution >= 4 is 33.6 Å². The van der Waals surface area contributed by atoms with Crippen LogP contribution in [0.2, 0.25) is 0 Å². The zero-order valence-electron chi connectivity index (χ0n) is 11.8. The highest BCUT2D eigenvalue weighted by Gasteiger charge is 2.14. The first-order chi connectivity index (χ1) is 9.35. The van der Waals surface area contributed by atoms with Crippen molar-refractivity contribution in [1.29, 1.82) is 0 Å². The Balaban J connectivity index is 2.73. The highest BCUT2D eigenvalue weighted by Crippen LogP contribution is 2.24. The largest absolute Gasteiger partial charge is 0.478 e. The zero-order valence-corrected chi connectivity index (χ0v) is 13.4. The summed E-state index contributed by atoms with van der Waals surface area (Å²) in [6.07, 6.45) is 1.01. The summed E-state index contributed by atoms with van der Waals surface area (Å²) in [5.74, 6) is -0.568. The van der Waals surface area contributed by atoms with Crippen LogP contribution < -0.4 is 5.32 Å². The third-order valence-electron chi connectivity index (χ3n) is 3.09. The number of rotatable bonds is 5. The molecule has 0 aliphatic heterocycles. The number of nitrogens with one attached hydrogen (secondary N) is 1. The lowest BCUT2D eigenvalue weighted by molar-refractivity contribution is 0.0697. The number of anilines is 1. The average Bonchev–Trinajstić information content (AvgIpc) is 2.40. The van der Waals surface area contributed by atoms with Crippen molar-refractivity contribution in [3.8, 4) is 0 Å². The molecule has 0 saturated carbocycles. The van der Waals surface area contributed by atoms with E-state index in [1.54, 1.807) is 18.0 Å². The molecular formula is C14H19BrN2O3. The van der Waals surface area contributed by atoms with Crippen molar-refractivity contribution in [1.82, 2.24) is 4.90 Å². The SMILES string of the molecule is CCC(C)CN(C)C(=O)Nc1ccc(C(=O)O)cc1Br. The van der Waals surface area contributed by atoms with E-state index >= 15 is 0 Å². The zero-order chi connectivity index (χ0) is 15.3. The van der Waals surface area contributed by atoms with Crippen molar-refractivity contribution in [2.24, 2.45) is 5.92 Å². The number of carbonyl (C=O) groups is 2. The fourth-order valence-electron chi connectivity index (χ4n) is 1.64. The lowest BCUT2D eigenvalue weighted by atomic mass is 10.1.